The molecule has 1 aromatic rings. The Balaban J connectivity index is 2.20. The molecule has 1 aliphatic rings. The summed E-state index contributed by atoms with van der Waals surface area (Å²) in [5, 5.41) is 0. The minimum Gasteiger partial charge on any atom is -0.322 e. The van der Waals surface area contributed by atoms with Crippen molar-refractivity contribution in [2.75, 3.05) is 0 Å². The first kappa shape index (κ1) is 7.74. The van der Waals surface area contributed by atoms with Crippen molar-refractivity contribution in [3.05, 3.63) is 35.9 Å². The average Bonchev–Trinajstić information content (AvgIpc) is 2.85. The third-order valence-electron chi connectivity index (χ3n) is 2.42. The number of benzene rings is 1. The molecule has 1 saturated carbocycles. The fourth-order valence-corrected chi connectivity index (χ4v) is 1.35. The lowest BCUT2D eigenvalue weighted by Crippen LogP contribution is -2.27. The second kappa shape index (κ2) is 2.56. The number of rotatable bonds is 2. The van der Waals surface area contributed by atoms with Gasteiger partial charge in [0, 0.05) is 0 Å². The lowest BCUT2D eigenvalue weighted by molar-refractivity contribution is 0.274. The maximum atomic E-state index is 13.6. The predicted molar refractivity (Wildman–Crippen MR) is 46.4 cm³/mol. The molecule has 0 bridgehead atoms. The molecule has 2 rings (SSSR count). The number of nitrogens with two attached hydrogens (primary N) is 1. The quantitative estimate of drug-likeness (QED) is 0.714. The van der Waals surface area contributed by atoms with E-state index < -0.39 is 11.7 Å². The summed E-state index contributed by atoms with van der Waals surface area (Å²) >= 11 is 0. The van der Waals surface area contributed by atoms with Crippen molar-refractivity contribution in [2.45, 2.75) is 24.6 Å². The van der Waals surface area contributed by atoms with Crippen molar-refractivity contribution in [3.63, 3.8) is 0 Å². The van der Waals surface area contributed by atoms with E-state index in [1.807, 2.05) is 18.2 Å². The Kier molecular flexibility index (Phi) is 1.65. The zero-order valence-corrected chi connectivity index (χ0v) is 6.83. The van der Waals surface area contributed by atoms with Crippen LogP contribution in [0.4, 0.5) is 4.39 Å². The van der Waals surface area contributed by atoms with Crippen molar-refractivity contribution < 1.29 is 4.39 Å². The molecule has 2 heteroatoms. The Morgan fingerprint density at radius 1 is 1.25 bits per heavy atom. The van der Waals surface area contributed by atoms with E-state index in [0.29, 0.717) is 5.56 Å². The molecule has 0 spiro atoms. The van der Waals surface area contributed by atoms with Crippen LogP contribution in [-0.4, -0.2) is 5.54 Å². The summed E-state index contributed by atoms with van der Waals surface area (Å²) < 4.78 is 13.6. The van der Waals surface area contributed by atoms with Crippen molar-refractivity contribution in [1.29, 1.82) is 0 Å². The van der Waals surface area contributed by atoms with Gasteiger partial charge in [0.2, 0.25) is 0 Å². The molecule has 0 aromatic heterocycles. The van der Waals surface area contributed by atoms with Crippen molar-refractivity contribution in [3.8, 4) is 0 Å². The van der Waals surface area contributed by atoms with Gasteiger partial charge in [0.25, 0.3) is 0 Å². The first-order valence-electron chi connectivity index (χ1n) is 4.20. The standard InChI is InChI=1S/C10H12FN/c11-9(10(12)6-7-10)8-4-2-1-3-5-8/h1-5,9H,6-7,12H2. The molecule has 12 heavy (non-hydrogen) atoms. The summed E-state index contributed by atoms with van der Waals surface area (Å²) in [7, 11) is 0. The molecule has 0 aliphatic heterocycles. The topological polar surface area (TPSA) is 26.0 Å². The number of hydrogen-bond acceptors (Lipinski definition) is 1. The van der Waals surface area contributed by atoms with Crippen molar-refractivity contribution >= 4 is 0 Å². The molecule has 0 radical (unpaired) electrons. The lowest BCUT2D eigenvalue weighted by atomic mass is 10.0. The highest BCUT2D eigenvalue weighted by molar-refractivity contribution is 5.24. The molecule has 64 valence electrons. The molecule has 1 unspecified atom stereocenters. The van der Waals surface area contributed by atoms with E-state index in [2.05, 4.69) is 0 Å². The fraction of sp³-hybridized carbons (Fsp3) is 0.400. The van der Waals surface area contributed by atoms with Crippen LogP contribution in [-0.2, 0) is 0 Å². The van der Waals surface area contributed by atoms with Crippen LogP contribution in [0.2, 0.25) is 0 Å². The molecular formula is C10H12FN. The molecule has 1 atom stereocenters. The van der Waals surface area contributed by atoms with Crippen LogP contribution < -0.4 is 5.73 Å². The smallest absolute Gasteiger partial charge is 0.143 e. The molecule has 1 nitrogen and oxygen atoms in total. The largest absolute Gasteiger partial charge is 0.322 e. The third kappa shape index (κ3) is 1.23. The molecule has 0 heterocycles. The van der Waals surface area contributed by atoms with Crippen LogP contribution in [0.1, 0.15) is 24.6 Å². The van der Waals surface area contributed by atoms with Gasteiger partial charge < -0.3 is 5.73 Å². The predicted octanol–water partition coefficient (Wildman–Crippen LogP) is 2.19. The van der Waals surface area contributed by atoms with Gasteiger partial charge in [0.1, 0.15) is 6.17 Å². The summed E-state index contributed by atoms with van der Waals surface area (Å²) in [6.45, 7) is 0. The highest BCUT2D eigenvalue weighted by atomic mass is 19.1. The Bertz CT molecular complexity index is 266. The summed E-state index contributed by atoms with van der Waals surface area (Å²) in [6.07, 6.45) is 0.630. The van der Waals surface area contributed by atoms with E-state index in [4.69, 9.17) is 5.73 Å². The lowest BCUT2D eigenvalue weighted by Gasteiger charge is -2.14. The van der Waals surface area contributed by atoms with E-state index >= 15 is 0 Å². The second-order valence-corrected chi connectivity index (χ2v) is 3.51. The van der Waals surface area contributed by atoms with Crippen LogP contribution in [0.25, 0.3) is 0 Å². The molecular weight excluding hydrogens is 153 g/mol. The van der Waals surface area contributed by atoms with Crippen molar-refractivity contribution in [1.82, 2.24) is 0 Å². The van der Waals surface area contributed by atoms with Crippen LogP contribution in [0.3, 0.4) is 0 Å². The van der Waals surface area contributed by atoms with Crippen molar-refractivity contribution in [2.24, 2.45) is 5.73 Å². The second-order valence-electron chi connectivity index (χ2n) is 3.51. The van der Waals surface area contributed by atoms with Gasteiger partial charge in [-0.25, -0.2) is 4.39 Å². The molecule has 1 fully saturated rings. The van der Waals surface area contributed by atoms with Gasteiger partial charge in [0.15, 0.2) is 0 Å². The first-order valence-corrected chi connectivity index (χ1v) is 4.20. The summed E-state index contributed by atoms with van der Waals surface area (Å²) in [4.78, 5) is 0. The monoisotopic (exact) mass is 165 g/mol. The number of alkyl halides is 1. The first-order chi connectivity index (χ1) is 5.72. The molecule has 0 amide bonds. The average molecular weight is 165 g/mol. The van der Waals surface area contributed by atoms with Gasteiger partial charge >= 0.3 is 0 Å². The maximum absolute atomic E-state index is 13.6. The zero-order chi connectivity index (χ0) is 8.60. The summed E-state index contributed by atoms with van der Waals surface area (Å²) in [5.41, 5.74) is 5.90. The van der Waals surface area contributed by atoms with Gasteiger partial charge in [-0.2, -0.15) is 0 Å². The summed E-state index contributed by atoms with van der Waals surface area (Å²) in [5.74, 6) is 0. The minimum absolute atomic E-state index is 0.554. The molecule has 2 N–H and O–H groups in total. The van der Waals surface area contributed by atoms with Crippen LogP contribution in [0.15, 0.2) is 30.3 Å². The van der Waals surface area contributed by atoms with Gasteiger partial charge in [-0.15, -0.1) is 0 Å². The summed E-state index contributed by atoms with van der Waals surface area (Å²) in [6, 6.07) is 9.14. The molecule has 1 aliphatic carbocycles. The van der Waals surface area contributed by atoms with Gasteiger partial charge in [0.05, 0.1) is 5.54 Å². The Labute approximate surface area is 71.4 Å². The maximum Gasteiger partial charge on any atom is 0.143 e. The van der Waals surface area contributed by atoms with Crippen LogP contribution in [0.5, 0.6) is 0 Å². The Morgan fingerprint density at radius 3 is 2.33 bits per heavy atom. The zero-order valence-electron chi connectivity index (χ0n) is 6.83. The molecule has 0 saturated heterocycles. The third-order valence-corrected chi connectivity index (χ3v) is 2.42. The highest BCUT2D eigenvalue weighted by Gasteiger charge is 2.46. The fourth-order valence-electron chi connectivity index (χ4n) is 1.35. The number of halogens is 1. The van der Waals surface area contributed by atoms with E-state index in [1.54, 1.807) is 12.1 Å². The van der Waals surface area contributed by atoms with Gasteiger partial charge in [-0.05, 0) is 18.4 Å². The van der Waals surface area contributed by atoms with E-state index in [0.717, 1.165) is 12.8 Å². The van der Waals surface area contributed by atoms with Crippen LogP contribution >= 0.6 is 0 Å². The Hall–Kier alpha value is -0.890. The van der Waals surface area contributed by atoms with Crippen LogP contribution in [0, 0.1) is 0 Å². The normalized spacial score (nSPS) is 21.8. The highest BCUT2D eigenvalue weighted by Crippen LogP contribution is 2.45. The van der Waals surface area contributed by atoms with Gasteiger partial charge in [-0.3, -0.25) is 0 Å². The van der Waals surface area contributed by atoms with Gasteiger partial charge in [-0.1, -0.05) is 30.3 Å². The van der Waals surface area contributed by atoms with E-state index in [-0.39, 0.29) is 0 Å². The van der Waals surface area contributed by atoms with E-state index in [1.165, 1.54) is 0 Å². The minimum atomic E-state index is -0.987. The Morgan fingerprint density at radius 2 is 1.83 bits per heavy atom. The van der Waals surface area contributed by atoms with E-state index in [9.17, 15) is 4.39 Å². The SMILES string of the molecule is NC1(C(F)c2ccccc2)CC1. The number of hydrogen-bond donors (Lipinski definition) is 1. The molecule has 1 aromatic carbocycles.